The van der Waals surface area contributed by atoms with Crippen LogP contribution >= 0.6 is 12.2 Å². The number of ether oxygens (including phenoxy) is 1. The van der Waals surface area contributed by atoms with Crippen LogP contribution in [-0.4, -0.2) is 41.3 Å². The Hall–Kier alpha value is -1.17. The number of likely N-dealkylation sites (tertiary alicyclic amines) is 1. The quantitative estimate of drug-likeness (QED) is 0.825. The summed E-state index contributed by atoms with van der Waals surface area (Å²) in [5, 5.41) is 9.94. The predicted octanol–water partition coefficient (Wildman–Crippen LogP) is 1.53. The van der Waals surface area contributed by atoms with Crippen molar-refractivity contribution in [2.24, 2.45) is 11.7 Å². The zero-order valence-corrected chi connectivity index (χ0v) is 12.8. The third-order valence-electron chi connectivity index (χ3n) is 3.94. The van der Waals surface area contributed by atoms with Crippen molar-refractivity contribution in [3.8, 4) is 5.75 Å². The standard InChI is InChI=1S/C15H22N2O2S/c1-10-5-6-17(9-13(10)18)8-11-3-4-12(15(16)20)14(7-11)19-2/h3-4,7,10,13,18H,5-6,8-9H2,1-2H3,(H2,16,20). The third kappa shape index (κ3) is 3.48. The van der Waals surface area contributed by atoms with Crippen molar-refractivity contribution in [1.82, 2.24) is 4.90 Å². The Kier molecular flexibility index (Phi) is 4.96. The second kappa shape index (κ2) is 6.52. The van der Waals surface area contributed by atoms with E-state index in [4.69, 9.17) is 22.7 Å². The van der Waals surface area contributed by atoms with Gasteiger partial charge in [-0.2, -0.15) is 0 Å². The monoisotopic (exact) mass is 294 g/mol. The molecule has 0 aliphatic carbocycles. The molecule has 1 aromatic rings. The number of rotatable bonds is 4. The number of β-amino-alcohol motifs (C(OH)–C–C–N with tert-alkyl or cyclic N) is 1. The van der Waals surface area contributed by atoms with Gasteiger partial charge in [-0.15, -0.1) is 0 Å². The first kappa shape index (κ1) is 15.2. The molecule has 2 atom stereocenters. The van der Waals surface area contributed by atoms with Gasteiger partial charge in [-0.1, -0.05) is 25.2 Å². The number of aliphatic hydroxyl groups is 1. The van der Waals surface area contributed by atoms with Gasteiger partial charge < -0.3 is 15.6 Å². The molecule has 1 aliphatic rings. The molecule has 1 saturated heterocycles. The Morgan fingerprint density at radius 1 is 1.55 bits per heavy atom. The molecule has 1 aromatic carbocycles. The third-order valence-corrected chi connectivity index (χ3v) is 4.16. The summed E-state index contributed by atoms with van der Waals surface area (Å²) in [6.45, 7) is 4.64. The van der Waals surface area contributed by atoms with Gasteiger partial charge in [-0.05, 0) is 36.6 Å². The first-order chi connectivity index (χ1) is 9.51. The molecule has 0 bridgehead atoms. The van der Waals surface area contributed by atoms with E-state index in [1.165, 1.54) is 0 Å². The molecule has 1 aliphatic heterocycles. The summed E-state index contributed by atoms with van der Waals surface area (Å²) in [5.41, 5.74) is 7.57. The molecular weight excluding hydrogens is 272 g/mol. The van der Waals surface area contributed by atoms with Crippen molar-refractivity contribution in [2.75, 3.05) is 20.2 Å². The summed E-state index contributed by atoms with van der Waals surface area (Å²) in [6, 6.07) is 5.89. The smallest absolute Gasteiger partial charge is 0.129 e. The van der Waals surface area contributed by atoms with Gasteiger partial charge >= 0.3 is 0 Å². The second-order valence-corrected chi connectivity index (χ2v) is 5.91. The van der Waals surface area contributed by atoms with Gasteiger partial charge in [0.25, 0.3) is 0 Å². The Morgan fingerprint density at radius 3 is 2.90 bits per heavy atom. The Balaban J connectivity index is 2.08. The number of methoxy groups -OCH3 is 1. The zero-order valence-electron chi connectivity index (χ0n) is 12.0. The van der Waals surface area contributed by atoms with Crippen molar-refractivity contribution in [3.63, 3.8) is 0 Å². The molecule has 1 fully saturated rings. The minimum Gasteiger partial charge on any atom is -0.496 e. The molecular formula is C15H22N2O2S. The lowest BCUT2D eigenvalue weighted by Gasteiger charge is -2.34. The molecule has 0 spiro atoms. The maximum absolute atomic E-state index is 9.94. The van der Waals surface area contributed by atoms with Crippen molar-refractivity contribution in [2.45, 2.75) is 26.0 Å². The Bertz CT molecular complexity index is 493. The van der Waals surface area contributed by atoms with Gasteiger partial charge in [0.2, 0.25) is 0 Å². The number of hydrogen-bond donors (Lipinski definition) is 2. The van der Waals surface area contributed by atoms with Crippen LogP contribution < -0.4 is 10.5 Å². The van der Waals surface area contributed by atoms with Crippen LogP contribution in [0.15, 0.2) is 18.2 Å². The highest BCUT2D eigenvalue weighted by Gasteiger charge is 2.24. The predicted molar refractivity (Wildman–Crippen MR) is 83.9 cm³/mol. The SMILES string of the molecule is COc1cc(CN2CCC(C)C(O)C2)ccc1C(N)=S. The fourth-order valence-corrected chi connectivity index (χ4v) is 2.72. The molecule has 0 aromatic heterocycles. The Labute approximate surface area is 125 Å². The van der Waals surface area contributed by atoms with Crippen LogP contribution in [0.4, 0.5) is 0 Å². The highest BCUT2D eigenvalue weighted by molar-refractivity contribution is 7.80. The van der Waals surface area contributed by atoms with Crippen LogP contribution in [-0.2, 0) is 6.54 Å². The van der Waals surface area contributed by atoms with E-state index < -0.39 is 0 Å². The molecule has 2 rings (SSSR count). The summed E-state index contributed by atoms with van der Waals surface area (Å²) in [7, 11) is 1.62. The fourth-order valence-electron chi connectivity index (χ4n) is 2.55. The molecule has 0 radical (unpaired) electrons. The van der Waals surface area contributed by atoms with Crippen molar-refractivity contribution in [1.29, 1.82) is 0 Å². The van der Waals surface area contributed by atoms with E-state index in [2.05, 4.69) is 11.8 Å². The molecule has 20 heavy (non-hydrogen) atoms. The van der Waals surface area contributed by atoms with E-state index in [0.29, 0.717) is 16.7 Å². The fraction of sp³-hybridized carbons (Fsp3) is 0.533. The van der Waals surface area contributed by atoms with Crippen LogP contribution in [0.25, 0.3) is 0 Å². The van der Waals surface area contributed by atoms with E-state index in [1.807, 2.05) is 18.2 Å². The number of benzene rings is 1. The van der Waals surface area contributed by atoms with Crippen LogP contribution in [0, 0.1) is 5.92 Å². The van der Waals surface area contributed by atoms with Gasteiger partial charge in [-0.25, -0.2) is 0 Å². The van der Waals surface area contributed by atoms with Crippen LogP contribution in [0.2, 0.25) is 0 Å². The van der Waals surface area contributed by atoms with E-state index in [0.717, 1.165) is 37.2 Å². The minimum absolute atomic E-state index is 0.235. The highest BCUT2D eigenvalue weighted by Crippen LogP contribution is 2.23. The van der Waals surface area contributed by atoms with Crippen LogP contribution in [0.5, 0.6) is 5.75 Å². The van der Waals surface area contributed by atoms with Crippen LogP contribution in [0.3, 0.4) is 0 Å². The number of piperidine rings is 1. The molecule has 5 heteroatoms. The minimum atomic E-state index is -0.235. The summed E-state index contributed by atoms with van der Waals surface area (Å²) in [6.07, 6.45) is 0.796. The zero-order chi connectivity index (χ0) is 14.7. The van der Waals surface area contributed by atoms with Crippen molar-refractivity contribution in [3.05, 3.63) is 29.3 Å². The van der Waals surface area contributed by atoms with E-state index >= 15 is 0 Å². The van der Waals surface area contributed by atoms with Crippen molar-refractivity contribution >= 4 is 17.2 Å². The molecule has 110 valence electrons. The van der Waals surface area contributed by atoms with Gasteiger partial charge in [0.1, 0.15) is 10.7 Å². The number of hydrogen-bond acceptors (Lipinski definition) is 4. The number of aliphatic hydroxyl groups excluding tert-OH is 1. The average molecular weight is 294 g/mol. The average Bonchev–Trinajstić information content (AvgIpc) is 2.42. The summed E-state index contributed by atoms with van der Waals surface area (Å²) < 4.78 is 5.34. The largest absolute Gasteiger partial charge is 0.496 e. The number of nitrogens with two attached hydrogens (primary N) is 1. The molecule has 1 heterocycles. The normalized spacial score (nSPS) is 23.6. The van der Waals surface area contributed by atoms with Gasteiger partial charge in [0, 0.05) is 13.1 Å². The van der Waals surface area contributed by atoms with E-state index in [9.17, 15) is 5.11 Å². The molecule has 3 N–H and O–H groups in total. The Morgan fingerprint density at radius 2 is 2.30 bits per heavy atom. The first-order valence-corrected chi connectivity index (χ1v) is 7.29. The van der Waals surface area contributed by atoms with Gasteiger partial charge in [0.15, 0.2) is 0 Å². The van der Waals surface area contributed by atoms with E-state index in [-0.39, 0.29) is 6.10 Å². The van der Waals surface area contributed by atoms with E-state index in [1.54, 1.807) is 7.11 Å². The lowest BCUT2D eigenvalue weighted by atomic mass is 9.95. The summed E-state index contributed by atoms with van der Waals surface area (Å²) in [4.78, 5) is 2.61. The molecule has 0 amide bonds. The lowest BCUT2D eigenvalue weighted by molar-refractivity contribution is 0.0259. The highest BCUT2D eigenvalue weighted by atomic mass is 32.1. The molecule has 0 saturated carbocycles. The second-order valence-electron chi connectivity index (χ2n) is 5.47. The van der Waals surface area contributed by atoms with Crippen LogP contribution in [0.1, 0.15) is 24.5 Å². The molecule has 2 unspecified atom stereocenters. The lowest BCUT2D eigenvalue weighted by Crippen LogP contribution is -2.42. The summed E-state index contributed by atoms with van der Waals surface area (Å²) in [5.74, 6) is 1.10. The first-order valence-electron chi connectivity index (χ1n) is 6.88. The molecule has 4 nitrogen and oxygen atoms in total. The van der Waals surface area contributed by atoms with Crippen molar-refractivity contribution < 1.29 is 9.84 Å². The maximum Gasteiger partial charge on any atom is 0.129 e. The maximum atomic E-state index is 9.94. The summed E-state index contributed by atoms with van der Waals surface area (Å²) >= 11 is 5.00. The number of nitrogens with zero attached hydrogens (tertiary/aromatic N) is 1. The van der Waals surface area contributed by atoms with Gasteiger partial charge in [0.05, 0.1) is 18.8 Å². The van der Waals surface area contributed by atoms with Gasteiger partial charge in [-0.3, -0.25) is 4.90 Å². The number of thiocarbonyl (C=S) groups is 1. The topological polar surface area (TPSA) is 58.7 Å².